The Bertz CT molecular complexity index is 523. The number of hydrogen-bond acceptors (Lipinski definition) is 4. The van der Waals surface area contributed by atoms with Gasteiger partial charge >= 0.3 is 0 Å². The first-order valence-electron chi connectivity index (χ1n) is 7.02. The molecule has 1 fully saturated rings. The molecule has 1 aromatic heterocycles. The maximum atomic E-state index is 11.3. The second-order valence-corrected chi connectivity index (χ2v) is 5.28. The Morgan fingerprint density at radius 3 is 3.05 bits per heavy atom. The molecule has 1 saturated heterocycles. The van der Waals surface area contributed by atoms with Crippen molar-refractivity contribution in [2.24, 2.45) is 5.92 Å². The highest BCUT2D eigenvalue weighted by Crippen LogP contribution is 2.26. The van der Waals surface area contributed by atoms with E-state index in [1.54, 1.807) is 25.3 Å². The van der Waals surface area contributed by atoms with Crippen LogP contribution in [0.25, 0.3) is 0 Å². The van der Waals surface area contributed by atoms with E-state index in [9.17, 15) is 4.79 Å². The lowest BCUT2D eigenvalue weighted by Gasteiger charge is -2.17. The predicted molar refractivity (Wildman–Crippen MR) is 77.2 cm³/mol. The summed E-state index contributed by atoms with van der Waals surface area (Å²) in [6.45, 7) is 5.34. The lowest BCUT2D eigenvalue weighted by atomic mass is 9.98. The van der Waals surface area contributed by atoms with Gasteiger partial charge in [0, 0.05) is 26.2 Å². The fourth-order valence-corrected chi connectivity index (χ4v) is 2.81. The highest BCUT2D eigenvalue weighted by atomic mass is 16.1. The topological polar surface area (TPSA) is 69.0 Å². The number of anilines is 1. The molecule has 1 aromatic rings. The number of hydrogen-bond donors (Lipinski definition) is 1. The Balaban J connectivity index is 2.14. The minimum Gasteiger partial charge on any atom is -0.354 e. The number of rotatable bonds is 4. The summed E-state index contributed by atoms with van der Waals surface area (Å²) in [6.07, 6.45) is 3.84. The van der Waals surface area contributed by atoms with E-state index in [-0.39, 0.29) is 11.9 Å². The Morgan fingerprint density at radius 2 is 2.40 bits per heavy atom. The van der Waals surface area contributed by atoms with Gasteiger partial charge in [-0.15, -0.1) is 0 Å². The maximum Gasteiger partial charge on any atom is 0.217 e. The van der Waals surface area contributed by atoms with Crippen LogP contribution in [0.1, 0.15) is 32.3 Å². The van der Waals surface area contributed by atoms with E-state index in [4.69, 9.17) is 5.26 Å². The second-order valence-electron chi connectivity index (χ2n) is 5.28. The van der Waals surface area contributed by atoms with Crippen LogP contribution in [0.5, 0.6) is 0 Å². The van der Waals surface area contributed by atoms with E-state index < -0.39 is 0 Å². The molecule has 0 aromatic carbocycles. The highest BCUT2D eigenvalue weighted by molar-refractivity contribution is 5.73. The molecule has 5 nitrogen and oxygen atoms in total. The van der Waals surface area contributed by atoms with Crippen molar-refractivity contribution in [1.82, 2.24) is 10.3 Å². The van der Waals surface area contributed by atoms with Crippen LogP contribution in [0.2, 0.25) is 0 Å². The highest BCUT2D eigenvalue weighted by Gasteiger charge is 2.33. The SMILES string of the molecule is CCC[C@@H]1CN(c2cc(C#N)ccn2)C[C@H]1NC(C)=O. The number of carbonyl (C=O) groups is 1. The minimum absolute atomic E-state index is 0.0108. The molecule has 1 amide bonds. The van der Waals surface area contributed by atoms with Crippen LogP contribution >= 0.6 is 0 Å². The molecule has 0 radical (unpaired) electrons. The van der Waals surface area contributed by atoms with E-state index in [1.165, 1.54) is 0 Å². The summed E-state index contributed by atoms with van der Waals surface area (Å²) in [7, 11) is 0. The molecule has 0 bridgehead atoms. The van der Waals surface area contributed by atoms with E-state index in [1.807, 2.05) is 0 Å². The average molecular weight is 272 g/mol. The quantitative estimate of drug-likeness (QED) is 0.905. The average Bonchev–Trinajstić information content (AvgIpc) is 2.82. The van der Waals surface area contributed by atoms with Crippen molar-refractivity contribution in [3.8, 4) is 6.07 Å². The Morgan fingerprint density at radius 1 is 1.60 bits per heavy atom. The third kappa shape index (κ3) is 3.27. The molecule has 20 heavy (non-hydrogen) atoms. The van der Waals surface area contributed by atoms with Crippen molar-refractivity contribution in [2.45, 2.75) is 32.7 Å². The van der Waals surface area contributed by atoms with E-state index in [0.29, 0.717) is 11.5 Å². The third-order valence-electron chi connectivity index (χ3n) is 3.69. The van der Waals surface area contributed by atoms with Crippen LogP contribution in [-0.4, -0.2) is 30.0 Å². The van der Waals surface area contributed by atoms with Crippen LogP contribution in [0.3, 0.4) is 0 Å². The minimum atomic E-state index is 0.0108. The Kier molecular flexibility index (Phi) is 4.57. The van der Waals surface area contributed by atoms with Crippen molar-refractivity contribution >= 4 is 11.7 Å². The van der Waals surface area contributed by atoms with Crippen molar-refractivity contribution in [3.05, 3.63) is 23.9 Å². The monoisotopic (exact) mass is 272 g/mol. The number of nitrogens with one attached hydrogen (secondary N) is 1. The van der Waals surface area contributed by atoms with E-state index in [0.717, 1.165) is 31.7 Å². The summed E-state index contributed by atoms with van der Waals surface area (Å²) in [6, 6.07) is 5.81. The first-order chi connectivity index (χ1) is 9.63. The first kappa shape index (κ1) is 14.3. The Labute approximate surface area is 119 Å². The molecule has 2 atom stereocenters. The van der Waals surface area contributed by atoms with Gasteiger partial charge in [0.05, 0.1) is 17.7 Å². The van der Waals surface area contributed by atoms with Crippen LogP contribution in [0.15, 0.2) is 18.3 Å². The zero-order valence-electron chi connectivity index (χ0n) is 12.0. The van der Waals surface area contributed by atoms with E-state index in [2.05, 4.69) is 28.2 Å². The smallest absolute Gasteiger partial charge is 0.217 e. The fourth-order valence-electron chi connectivity index (χ4n) is 2.81. The lowest BCUT2D eigenvalue weighted by Crippen LogP contribution is -2.39. The molecular weight excluding hydrogens is 252 g/mol. The molecule has 0 spiro atoms. The molecular formula is C15H20N4O. The summed E-state index contributed by atoms with van der Waals surface area (Å²) in [5, 5.41) is 12.0. The molecule has 0 saturated carbocycles. The molecule has 1 aliphatic heterocycles. The zero-order valence-corrected chi connectivity index (χ0v) is 12.0. The number of nitrogens with zero attached hydrogens (tertiary/aromatic N) is 3. The molecule has 0 aliphatic carbocycles. The number of aromatic nitrogens is 1. The van der Waals surface area contributed by atoms with Crippen molar-refractivity contribution in [3.63, 3.8) is 0 Å². The number of nitriles is 1. The molecule has 0 unspecified atom stereocenters. The molecule has 5 heteroatoms. The van der Waals surface area contributed by atoms with Gasteiger partial charge in [0.25, 0.3) is 0 Å². The van der Waals surface area contributed by atoms with Crippen LogP contribution in [-0.2, 0) is 4.79 Å². The Hall–Kier alpha value is -2.09. The summed E-state index contributed by atoms with van der Waals surface area (Å²) in [4.78, 5) is 17.8. The van der Waals surface area contributed by atoms with Gasteiger partial charge in [-0.05, 0) is 24.5 Å². The summed E-state index contributed by atoms with van der Waals surface area (Å²) in [5.74, 6) is 1.27. The standard InChI is InChI=1S/C15H20N4O/c1-3-4-13-9-19(10-14(13)18-11(2)20)15-7-12(8-16)5-6-17-15/h5-7,13-14H,3-4,9-10H2,1-2H3,(H,18,20)/t13-,14-/m1/s1. The van der Waals surface area contributed by atoms with Gasteiger partial charge in [0.15, 0.2) is 0 Å². The first-order valence-corrected chi connectivity index (χ1v) is 7.02. The molecule has 1 N–H and O–H groups in total. The van der Waals surface area contributed by atoms with Gasteiger partial charge in [-0.1, -0.05) is 13.3 Å². The number of pyridine rings is 1. The molecule has 2 rings (SSSR count). The second kappa shape index (κ2) is 6.38. The lowest BCUT2D eigenvalue weighted by molar-refractivity contribution is -0.119. The molecule has 106 valence electrons. The van der Waals surface area contributed by atoms with Gasteiger partial charge in [-0.3, -0.25) is 4.79 Å². The van der Waals surface area contributed by atoms with Crippen LogP contribution < -0.4 is 10.2 Å². The fraction of sp³-hybridized carbons (Fsp3) is 0.533. The van der Waals surface area contributed by atoms with Crippen LogP contribution in [0, 0.1) is 17.2 Å². The van der Waals surface area contributed by atoms with Crippen LogP contribution in [0.4, 0.5) is 5.82 Å². The summed E-state index contributed by atoms with van der Waals surface area (Å²) >= 11 is 0. The van der Waals surface area contributed by atoms with Gasteiger partial charge < -0.3 is 10.2 Å². The van der Waals surface area contributed by atoms with E-state index >= 15 is 0 Å². The number of carbonyl (C=O) groups excluding carboxylic acids is 1. The normalized spacial score (nSPS) is 21.6. The zero-order chi connectivity index (χ0) is 14.5. The maximum absolute atomic E-state index is 11.3. The van der Waals surface area contributed by atoms with Gasteiger partial charge in [0.1, 0.15) is 5.82 Å². The van der Waals surface area contributed by atoms with Gasteiger partial charge in [-0.2, -0.15) is 5.26 Å². The predicted octanol–water partition coefficient (Wildman–Crippen LogP) is 1.69. The third-order valence-corrected chi connectivity index (χ3v) is 3.69. The van der Waals surface area contributed by atoms with Crippen molar-refractivity contribution in [1.29, 1.82) is 5.26 Å². The molecule has 2 heterocycles. The van der Waals surface area contributed by atoms with Gasteiger partial charge in [0.2, 0.25) is 5.91 Å². The van der Waals surface area contributed by atoms with Gasteiger partial charge in [-0.25, -0.2) is 4.98 Å². The summed E-state index contributed by atoms with van der Waals surface area (Å²) in [5.41, 5.74) is 0.616. The number of amides is 1. The van der Waals surface area contributed by atoms with Crippen molar-refractivity contribution in [2.75, 3.05) is 18.0 Å². The molecule has 1 aliphatic rings. The largest absolute Gasteiger partial charge is 0.354 e. The van der Waals surface area contributed by atoms with Crippen molar-refractivity contribution < 1.29 is 4.79 Å². The summed E-state index contributed by atoms with van der Waals surface area (Å²) < 4.78 is 0.